The fourth-order valence-electron chi connectivity index (χ4n) is 10.4. The third kappa shape index (κ3) is 5.51. The van der Waals surface area contributed by atoms with Crippen LogP contribution < -0.4 is 0 Å². The maximum absolute atomic E-state index is 14.5. The van der Waals surface area contributed by atoms with Crippen LogP contribution in [0, 0.1) is 39.4 Å². The summed E-state index contributed by atoms with van der Waals surface area (Å²) in [5.41, 5.74) is -1.16. The van der Waals surface area contributed by atoms with E-state index in [1.54, 1.807) is 37.3 Å². The van der Waals surface area contributed by atoms with E-state index in [0.717, 1.165) is 43.3 Å². The molecule has 0 saturated heterocycles. The third-order valence-corrected chi connectivity index (χ3v) is 13.1. The Morgan fingerprint density at radius 3 is 2.26 bits per heavy atom. The van der Waals surface area contributed by atoms with Gasteiger partial charge in [0.15, 0.2) is 5.78 Å². The number of Topliss-reactive ketones (excluding diaryl/α,β-unsaturated/α-hetero) is 1. The number of esters is 3. The Morgan fingerprint density at radius 2 is 1.64 bits per heavy atom. The smallest absolute Gasteiger partial charge is 0.338 e. The van der Waals surface area contributed by atoms with Gasteiger partial charge in [-0.05, 0) is 80.8 Å². The summed E-state index contributed by atoms with van der Waals surface area (Å²) in [7, 11) is 0. The Balaban J connectivity index is 1.54. The molecule has 0 amide bonds. The molecule has 5 rings (SSSR count). The number of fused-ring (bicyclic) bond motifs is 4. The lowest BCUT2D eigenvalue weighted by molar-refractivity contribution is -0.201. The highest BCUT2D eigenvalue weighted by Gasteiger charge is 2.70. The van der Waals surface area contributed by atoms with Gasteiger partial charge >= 0.3 is 23.9 Å². The van der Waals surface area contributed by atoms with Crippen LogP contribution in [0.3, 0.4) is 0 Å². The zero-order valence-corrected chi connectivity index (χ0v) is 28.9. The molecule has 4 aliphatic carbocycles. The minimum atomic E-state index is -1.61. The Kier molecular flexibility index (Phi) is 9.27. The van der Waals surface area contributed by atoms with Crippen LogP contribution in [0.25, 0.3) is 0 Å². The number of allylic oxidation sites excluding steroid dienone is 1. The summed E-state index contributed by atoms with van der Waals surface area (Å²) in [6, 6.07) is 8.39. The van der Waals surface area contributed by atoms with Gasteiger partial charge in [0.2, 0.25) is 0 Å². The van der Waals surface area contributed by atoms with Crippen LogP contribution in [0.4, 0.5) is 0 Å². The zero-order valence-electron chi connectivity index (χ0n) is 28.9. The van der Waals surface area contributed by atoms with Crippen molar-refractivity contribution >= 4 is 29.7 Å². The number of ketones is 1. The third-order valence-electron chi connectivity index (χ3n) is 13.1. The van der Waals surface area contributed by atoms with Crippen molar-refractivity contribution in [2.45, 2.75) is 112 Å². The summed E-state index contributed by atoms with van der Waals surface area (Å²) in [5, 5.41) is 10.9. The second kappa shape index (κ2) is 12.5. The zero-order chi connectivity index (χ0) is 34.5. The molecular weight excluding hydrogens is 600 g/mol. The number of ether oxygens (including phenoxy) is 3. The molecule has 0 aromatic heterocycles. The molecule has 256 valence electrons. The molecule has 1 aromatic rings. The Bertz CT molecular complexity index is 1480. The molecule has 0 heterocycles. The van der Waals surface area contributed by atoms with Crippen molar-refractivity contribution in [1.29, 1.82) is 0 Å². The van der Waals surface area contributed by atoms with Crippen molar-refractivity contribution in [3.63, 3.8) is 0 Å². The van der Waals surface area contributed by atoms with Crippen molar-refractivity contribution in [2.24, 2.45) is 39.4 Å². The van der Waals surface area contributed by atoms with Crippen LogP contribution >= 0.6 is 0 Å². The lowest BCUT2D eigenvalue weighted by Gasteiger charge is -2.62. The Morgan fingerprint density at radius 1 is 0.957 bits per heavy atom. The summed E-state index contributed by atoms with van der Waals surface area (Å²) in [6.07, 6.45) is 2.97. The van der Waals surface area contributed by atoms with Gasteiger partial charge in [-0.1, -0.05) is 51.5 Å². The molecule has 0 bridgehead atoms. The van der Waals surface area contributed by atoms with E-state index < -0.39 is 52.3 Å². The molecule has 0 unspecified atom stereocenters. The number of aliphatic carboxylic acids is 1. The predicted molar refractivity (Wildman–Crippen MR) is 173 cm³/mol. The van der Waals surface area contributed by atoms with Gasteiger partial charge in [0, 0.05) is 43.1 Å². The molecule has 1 N–H and O–H groups in total. The van der Waals surface area contributed by atoms with E-state index in [0.29, 0.717) is 30.4 Å². The molecule has 9 heteroatoms. The van der Waals surface area contributed by atoms with Crippen molar-refractivity contribution in [3.8, 4) is 0 Å². The largest absolute Gasteiger partial charge is 0.481 e. The van der Waals surface area contributed by atoms with E-state index >= 15 is 0 Å². The van der Waals surface area contributed by atoms with Gasteiger partial charge in [0.25, 0.3) is 0 Å². The molecule has 9 atom stereocenters. The van der Waals surface area contributed by atoms with E-state index in [1.807, 2.05) is 6.92 Å². The number of carbonyl (C=O) groups is 5. The Labute approximate surface area is 277 Å². The maximum atomic E-state index is 14.5. The standard InChI is InChI=1S/C38H50O9/c1-22(12-11-19-45-23(2)39)26-15-18-36(5)32-27(16-17-35(26,36)4)37(6)29(20-28(32)41)38(7,34(43)44)31(21-30(37)46-24(3)40)47-33(42)25-13-9-8-10-14-25/h8-10,13-14,22,26,29-31H,11-12,15-21H2,1-7H3,(H,43,44)/t22-,26-,29-,30-,31+,35-,36+,37-,38+/m1/s1. The van der Waals surface area contributed by atoms with Gasteiger partial charge < -0.3 is 19.3 Å². The molecule has 4 aliphatic rings. The molecule has 2 saturated carbocycles. The normalized spacial score (nSPS) is 36.8. The van der Waals surface area contributed by atoms with Crippen molar-refractivity contribution in [3.05, 3.63) is 47.0 Å². The first-order valence-corrected chi connectivity index (χ1v) is 17.1. The number of carbonyl (C=O) groups excluding carboxylic acids is 4. The first kappa shape index (κ1) is 34.8. The van der Waals surface area contributed by atoms with Crippen molar-refractivity contribution in [2.75, 3.05) is 6.61 Å². The lowest BCUT2D eigenvalue weighted by Crippen LogP contribution is -2.66. The number of carboxylic acid groups (broad SMARTS) is 1. The number of hydrogen-bond donors (Lipinski definition) is 1. The van der Waals surface area contributed by atoms with Crippen LogP contribution in [0.1, 0.15) is 110 Å². The number of carboxylic acids is 1. The molecule has 9 nitrogen and oxygen atoms in total. The van der Waals surface area contributed by atoms with Crippen LogP contribution in [0.2, 0.25) is 0 Å². The highest BCUT2D eigenvalue weighted by Crippen LogP contribution is 2.72. The average Bonchev–Trinajstić information content (AvgIpc) is 3.29. The Hall–Kier alpha value is -3.49. The fraction of sp³-hybridized carbons (Fsp3) is 0.658. The van der Waals surface area contributed by atoms with E-state index in [9.17, 15) is 29.1 Å². The SMILES string of the molecule is CC(=O)OCCC[C@@H](C)[C@H]1CC[C@@]2(C)C3=C(CC[C@]12C)[C@]1(C)[C@@H](CC3=O)[C@](C)(C(=O)O)[C@@H](OC(=O)c2ccccc2)C[C@H]1OC(C)=O. The van der Waals surface area contributed by atoms with Gasteiger partial charge in [-0.25, -0.2) is 4.79 Å². The maximum Gasteiger partial charge on any atom is 0.338 e. The fourth-order valence-corrected chi connectivity index (χ4v) is 10.4. The summed E-state index contributed by atoms with van der Waals surface area (Å²) in [5.74, 6) is -2.68. The van der Waals surface area contributed by atoms with E-state index in [4.69, 9.17) is 14.2 Å². The van der Waals surface area contributed by atoms with Crippen LogP contribution in [-0.4, -0.2) is 53.6 Å². The highest BCUT2D eigenvalue weighted by molar-refractivity contribution is 6.00. The van der Waals surface area contributed by atoms with Gasteiger partial charge in [0.05, 0.1) is 12.2 Å². The van der Waals surface area contributed by atoms with Crippen molar-refractivity contribution < 1.29 is 43.3 Å². The molecule has 1 aromatic carbocycles. The van der Waals surface area contributed by atoms with Gasteiger partial charge in [-0.15, -0.1) is 0 Å². The quantitative estimate of drug-likeness (QED) is 0.176. The number of rotatable bonds is 9. The summed E-state index contributed by atoms with van der Waals surface area (Å²) >= 11 is 0. The molecule has 0 radical (unpaired) electrons. The first-order valence-electron chi connectivity index (χ1n) is 17.1. The molecule has 47 heavy (non-hydrogen) atoms. The predicted octanol–water partition coefficient (Wildman–Crippen LogP) is 6.73. The molecular formula is C38H50O9. The average molecular weight is 651 g/mol. The van der Waals surface area contributed by atoms with E-state index in [2.05, 4.69) is 20.8 Å². The summed E-state index contributed by atoms with van der Waals surface area (Å²) in [6.45, 7) is 13.5. The summed E-state index contributed by atoms with van der Waals surface area (Å²) in [4.78, 5) is 65.0. The first-order chi connectivity index (χ1) is 22.0. The summed E-state index contributed by atoms with van der Waals surface area (Å²) < 4.78 is 17.2. The minimum Gasteiger partial charge on any atom is -0.481 e. The lowest BCUT2D eigenvalue weighted by atomic mass is 9.42. The molecule has 0 aliphatic heterocycles. The van der Waals surface area contributed by atoms with Crippen LogP contribution in [0.15, 0.2) is 41.5 Å². The number of hydrogen-bond acceptors (Lipinski definition) is 8. The monoisotopic (exact) mass is 650 g/mol. The van der Waals surface area contributed by atoms with Crippen molar-refractivity contribution in [1.82, 2.24) is 0 Å². The van der Waals surface area contributed by atoms with E-state index in [-0.39, 0.29) is 30.0 Å². The second-order valence-electron chi connectivity index (χ2n) is 15.4. The topological polar surface area (TPSA) is 133 Å². The highest BCUT2D eigenvalue weighted by atomic mass is 16.6. The van der Waals surface area contributed by atoms with Crippen LogP contribution in [0.5, 0.6) is 0 Å². The van der Waals surface area contributed by atoms with Gasteiger partial charge in [-0.3, -0.25) is 19.2 Å². The van der Waals surface area contributed by atoms with Gasteiger partial charge in [-0.2, -0.15) is 0 Å². The number of benzene rings is 1. The molecule has 2 fully saturated rings. The minimum absolute atomic E-state index is 0.00883. The molecule has 0 spiro atoms. The second-order valence-corrected chi connectivity index (χ2v) is 15.4. The van der Waals surface area contributed by atoms with E-state index in [1.165, 1.54) is 13.8 Å². The van der Waals surface area contributed by atoms with Gasteiger partial charge in [0.1, 0.15) is 17.6 Å². The van der Waals surface area contributed by atoms with Crippen LogP contribution in [-0.2, 0) is 33.4 Å².